The molecule has 0 fully saturated rings. The monoisotopic (exact) mass is 251 g/mol. The molecule has 6 nitrogen and oxygen atoms in total. The fourth-order valence-electron chi connectivity index (χ4n) is 1.50. The lowest BCUT2D eigenvalue weighted by atomic mass is 10.1. The molecule has 1 aromatic rings. The molecule has 18 heavy (non-hydrogen) atoms. The van der Waals surface area contributed by atoms with E-state index in [1.54, 1.807) is 33.9 Å². The van der Waals surface area contributed by atoms with Gasteiger partial charge in [-0.05, 0) is 39.4 Å². The van der Waals surface area contributed by atoms with Crippen LogP contribution in [0.4, 0.5) is 11.4 Å². The summed E-state index contributed by atoms with van der Waals surface area (Å²) in [5, 5.41) is 16.3. The van der Waals surface area contributed by atoms with Crippen molar-refractivity contribution in [1.29, 1.82) is 0 Å². The Morgan fingerprint density at radius 3 is 2.44 bits per heavy atom. The minimum atomic E-state index is -0.426. The number of carbonyl (C=O) groups excluding carboxylic acids is 1. The van der Waals surface area contributed by atoms with Crippen LogP contribution in [0.5, 0.6) is 0 Å². The number of hydrogen-bond donors (Lipinski definition) is 2. The summed E-state index contributed by atoms with van der Waals surface area (Å²) in [4.78, 5) is 22.1. The second-order valence-corrected chi connectivity index (χ2v) is 4.21. The van der Waals surface area contributed by atoms with Crippen molar-refractivity contribution >= 4 is 17.3 Å². The molecule has 1 atom stereocenters. The molecule has 0 aliphatic rings. The predicted octanol–water partition coefficient (Wildman–Crippen LogP) is 1.76. The average molecular weight is 251 g/mol. The van der Waals surface area contributed by atoms with Crippen LogP contribution in [0.3, 0.4) is 0 Å². The molecule has 1 rings (SSSR count). The molecule has 98 valence electrons. The third-order valence-corrected chi connectivity index (χ3v) is 2.82. The highest BCUT2D eigenvalue weighted by Gasteiger charge is 2.16. The van der Waals surface area contributed by atoms with Gasteiger partial charge in [-0.2, -0.15) is 0 Å². The molecule has 0 radical (unpaired) electrons. The SMILES string of the molecule is CNC(C)C(=O)Nc1cc(C)c([N+](=O)[O-])cc1C. The highest BCUT2D eigenvalue weighted by molar-refractivity contribution is 5.95. The first kappa shape index (κ1) is 14.1. The average Bonchev–Trinajstić information content (AvgIpc) is 2.31. The molecule has 2 N–H and O–H groups in total. The van der Waals surface area contributed by atoms with Crippen LogP contribution in [0.25, 0.3) is 0 Å². The van der Waals surface area contributed by atoms with Gasteiger partial charge >= 0.3 is 0 Å². The summed E-state index contributed by atoms with van der Waals surface area (Å²) in [7, 11) is 1.69. The maximum absolute atomic E-state index is 11.7. The number of amides is 1. The van der Waals surface area contributed by atoms with E-state index in [0.717, 1.165) is 0 Å². The van der Waals surface area contributed by atoms with Crippen molar-refractivity contribution in [1.82, 2.24) is 5.32 Å². The number of anilines is 1. The van der Waals surface area contributed by atoms with Gasteiger partial charge in [0, 0.05) is 17.3 Å². The minimum Gasteiger partial charge on any atom is -0.324 e. The van der Waals surface area contributed by atoms with Crippen LogP contribution in [-0.2, 0) is 4.79 Å². The van der Waals surface area contributed by atoms with Gasteiger partial charge in [0.05, 0.1) is 11.0 Å². The first-order valence-corrected chi connectivity index (χ1v) is 5.60. The number of aryl methyl sites for hydroxylation is 2. The highest BCUT2D eigenvalue weighted by Crippen LogP contribution is 2.25. The van der Waals surface area contributed by atoms with Gasteiger partial charge in [0.2, 0.25) is 5.91 Å². The van der Waals surface area contributed by atoms with E-state index in [4.69, 9.17) is 0 Å². The standard InChI is InChI=1S/C12H17N3O3/c1-7-6-11(15(17)18)8(2)5-10(7)14-12(16)9(3)13-4/h5-6,9,13H,1-4H3,(H,14,16). The van der Waals surface area contributed by atoms with Gasteiger partial charge in [-0.15, -0.1) is 0 Å². The molecule has 6 heteroatoms. The van der Waals surface area contributed by atoms with Crippen molar-refractivity contribution in [3.8, 4) is 0 Å². The van der Waals surface area contributed by atoms with E-state index in [1.807, 2.05) is 0 Å². The molecule has 0 aliphatic carbocycles. The zero-order chi connectivity index (χ0) is 13.9. The van der Waals surface area contributed by atoms with Crippen molar-refractivity contribution in [2.24, 2.45) is 0 Å². The summed E-state index contributed by atoms with van der Waals surface area (Å²) in [6.45, 7) is 5.11. The number of nitro benzene ring substituents is 1. The van der Waals surface area contributed by atoms with Crippen LogP contribution in [0.1, 0.15) is 18.1 Å². The summed E-state index contributed by atoms with van der Waals surface area (Å²) in [6, 6.07) is 2.77. The summed E-state index contributed by atoms with van der Waals surface area (Å²) >= 11 is 0. The molecule has 1 unspecified atom stereocenters. The van der Waals surface area contributed by atoms with Gasteiger partial charge in [-0.25, -0.2) is 0 Å². The molecule has 0 saturated heterocycles. The van der Waals surface area contributed by atoms with Gasteiger partial charge < -0.3 is 10.6 Å². The van der Waals surface area contributed by atoms with Gasteiger partial charge in [0.25, 0.3) is 5.69 Å². The molecule has 0 aliphatic heterocycles. The Morgan fingerprint density at radius 1 is 1.33 bits per heavy atom. The number of hydrogen-bond acceptors (Lipinski definition) is 4. The second kappa shape index (κ2) is 5.59. The van der Waals surface area contributed by atoms with Crippen molar-refractivity contribution < 1.29 is 9.72 Å². The smallest absolute Gasteiger partial charge is 0.272 e. The van der Waals surface area contributed by atoms with E-state index in [0.29, 0.717) is 16.8 Å². The largest absolute Gasteiger partial charge is 0.324 e. The van der Waals surface area contributed by atoms with Crippen LogP contribution in [-0.4, -0.2) is 23.9 Å². The topological polar surface area (TPSA) is 84.3 Å². The highest BCUT2D eigenvalue weighted by atomic mass is 16.6. The summed E-state index contributed by atoms with van der Waals surface area (Å²) in [6.07, 6.45) is 0. The lowest BCUT2D eigenvalue weighted by molar-refractivity contribution is -0.385. The lowest BCUT2D eigenvalue weighted by Crippen LogP contribution is -2.35. The van der Waals surface area contributed by atoms with Crippen molar-refractivity contribution in [2.75, 3.05) is 12.4 Å². The molecule has 0 aromatic heterocycles. The van der Waals surface area contributed by atoms with Crippen molar-refractivity contribution in [3.63, 3.8) is 0 Å². The lowest BCUT2D eigenvalue weighted by Gasteiger charge is -2.13. The van der Waals surface area contributed by atoms with Gasteiger partial charge in [-0.3, -0.25) is 14.9 Å². The van der Waals surface area contributed by atoms with Crippen molar-refractivity contribution in [3.05, 3.63) is 33.4 Å². The molecule has 0 bridgehead atoms. The number of carbonyl (C=O) groups is 1. The van der Waals surface area contributed by atoms with Crippen LogP contribution in [0.2, 0.25) is 0 Å². The normalized spacial score (nSPS) is 12.0. The second-order valence-electron chi connectivity index (χ2n) is 4.21. The third-order valence-electron chi connectivity index (χ3n) is 2.82. The van der Waals surface area contributed by atoms with E-state index in [9.17, 15) is 14.9 Å². The molecule has 1 amide bonds. The van der Waals surface area contributed by atoms with E-state index in [1.165, 1.54) is 6.07 Å². The van der Waals surface area contributed by atoms with Crippen molar-refractivity contribution in [2.45, 2.75) is 26.8 Å². The van der Waals surface area contributed by atoms with Crippen LogP contribution >= 0.6 is 0 Å². The molecule has 0 saturated carbocycles. The van der Waals surface area contributed by atoms with Gasteiger partial charge in [0.15, 0.2) is 0 Å². The predicted molar refractivity (Wildman–Crippen MR) is 69.7 cm³/mol. The van der Waals surface area contributed by atoms with E-state index >= 15 is 0 Å². The Kier molecular flexibility index (Phi) is 4.38. The minimum absolute atomic E-state index is 0.0622. The van der Waals surface area contributed by atoms with E-state index < -0.39 is 4.92 Å². The Morgan fingerprint density at radius 2 is 1.94 bits per heavy atom. The summed E-state index contributed by atoms with van der Waals surface area (Å²) < 4.78 is 0. The van der Waals surface area contributed by atoms with E-state index in [2.05, 4.69) is 10.6 Å². The number of nitrogens with one attached hydrogen (secondary N) is 2. The Labute approximate surface area is 106 Å². The zero-order valence-electron chi connectivity index (χ0n) is 10.9. The summed E-state index contributed by atoms with van der Waals surface area (Å²) in [5.41, 5.74) is 1.86. The Hall–Kier alpha value is -1.95. The molecular formula is C12H17N3O3. The number of likely N-dealkylation sites (N-methyl/N-ethyl adjacent to an activating group) is 1. The van der Waals surface area contributed by atoms with E-state index in [-0.39, 0.29) is 17.6 Å². The maximum atomic E-state index is 11.7. The molecular weight excluding hydrogens is 234 g/mol. The molecule has 1 aromatic carbocycles. The fourth-order valence-corrected chi connectivity index (χ4v) is 1.50. The van der Waals surface area contributed by atoms with Crippen LogP contribution in [0.15, 0.2) is 12.1 Å². The molecule has 0 spiro atoms. The number of rotatable bonds is 4. The maximum Gasteiger partial charge on any atom is 0.272 e. The van der Waals surface area contributed by atoms with Gasteiger partial charge in [-0.1, -0.05) is 0 Å². The molecule has 0 heterocycles. The van der Waals surface area contributed by atoms with Crippen LogP contribution < -0.4 is 10.6 Å². The number of nitrogens with zero attached hydrogens (tertiary/aromatic N) is 1. The number of benzene rings is 1. The first-order valence-electron chi connectivity index (χ1n) is 5.60. The Bertz CT molecular complexity index is 486. The number of nitro groups is 1. The van der Waals surface area contributed by atoms with Gasteiger partial charge in [0.1, 0.15) is 0 Å². The van der Waals surface area contributed by atoms with Crippen LogP contribution in [0, 0.1) is 24.0 Å². The third kappa shape index (κ3) is 3.04. The zero-order valence-corrected chi connectivity index (χ0v) is 10.9. The first-order chi connectivity index (χ1) is 8.36. The summed E-state index contributed by atoms with van der Waals surface area (Å²) in [5.74, 6) is -0.172. The quantitative estimate of drug-likeness (QED) is 0.630. The fraction of sp³-hybridized carbons (Fsp3) is 0.417. The Balaban J connectivity index is 3.02.